The van der Waals surface area contributed by atoms with Gasteiger partial charge in [-0.05, 0) is 43.0 Å². The molecule has 8 rings (SSSR count). The van der Waals surface area contributed by atoms with Crippen LogP contribution in [-0.2, 0) is 23.1 Å². The molecular formula is C38H34F2N6O4S. The molecule has 6 heterocycles. The summed E-state index contributed by atoms with van der Waals surface area (Å²) in [4.78, 5) is 19.8. The van der Waals surface area contributed by atoms with E-state index in [2.05, 4.69) is 11.7 Å². The van der Waals surface area contributed by atoms with Crippen molar-refractivity contribution in [1.82, 2.24) is 29.4 Å². The number of nitrogens with zero attached hydrogens (tertiary/aromatic N) is 6. The van der Waals surface area contributed by atoms with E-state index in [1.54, 1.807) is 15.8 Å². The van der Waals surface area contributed by atoms with Gasteiger partial charge in [0.1, 0.15) is 41.1 Å². The lowest BCUT2D eigenvalue weighted by atomic mass is 9.95. The molecule has 1 amide bonds. The summed E-state index contributed by atoms with van der Waals surface area (Å²) in [5.41, 5.74) is 4.38. The molecule has 51 heavy (non-hydrogen) atoms. The Bertz CT molecular complexity index is 2360. The quantitative estimate of drug-likeness (QED) is 0.136. The van der Waals surface area contributed by atoms with Gasteiger partial charge in [-0.3, -0.25) is 14.2 Å². The highest BCUT2D eigenvalue weighted by atomic mass is 32.1. The van der Waals surface area contributed by atoms with Crippen molar-refractivity contribution >= 4 is 38.2 Å². The van der Waals surface area contributed by atoms with Crippen molar-refractivity contribution in [2.45, 2.75) is 25.9 Å². The highest BCUT2D eigenvalue weighted by Crippen LogP contribution is 2.49. The molecule has 2 aliphatic heterocycles. The van der Waals surface area contributed by atoms with Gasteiger partial charge in [-0.1, -0.05) is 18.7 Å². The number of halogens is 2. The molecule has 13 heteroatoms. The zero-order valence-electron chi connectivity index (χ0n) is 28.1. The van der Waals surface area contributed by atoms with Crippen LogP contribution in [0.25, 0.3) is 54.8 Å². The Morgan fingerprint density at radius 2 is 1.88 bits per heavy atom. The predicted octanol–water partition coefficient (Wildman–Crippen LogP) is 7.48. The molecule has 2 aliphatic rings. The summed E-state index contributed by atoms with van der Waals surface area (Å²) >= 11 is 1.42. The van der Waals surface area contributed by atoms with Gasteiger partial charge in [-0.25, -0.2) is 13.8 Å². The molecule has 2 aromatic carbocycles. The van der Waals surface area contributed by atoms with E-state index < -0.39 is 11.6 Å². The van der Waals surface area contributed by atoms with Gasteiger partial charge in [0.2, 0.25) is 5.91 Å². The van der Waals surface area contributed by atoms with E-state index >= 15 is 4.39 Å². The first-order chi connectivity index (χ1) is 24.8. The summed E-state index contributed by atoms with van der Waals surface area (Å²) in [6.45, 7) is 7.53. The normalized spacial score (nSPS) is 17.2. The van der Waals surface area contributed by atoms with Crippen molar-refractivity contribution in [2.24, 2.45) is 7.05 Å². The number of ether oxygens (including phenoxy) is 3. The number of hydrogen-bond acceptors (Lipinski definition) is 8. The van der Waals surface area contributed by atoms with Crippen LogP contribution in [0.3, 0.4) is 0 Å². The van der Waals surface area contributed by atoms with Gasteiger partial charge in [0.15, 0.2) is 0 Å². The number of rotatable bonds is 2. The van der Waals surface area contributed by atoms with Crippen molar-refractivity contribution in [2.75, 3.05) is 33.0 Å². The van der Waals surface area contributed by atoms with Crippen molar-refractivity contribution in [1.29, 1.82) is 0 Å². The number of hydrogen-bond donors (Lipinski definition) is 0. The Hall–Kier alpha value is -5.40. The predicted molar refractivity (Wildman–Crippen MR) is 192 cm³/mol. The van der Waals surface area contributed by atoms with Gasteiger partial charge in [-0.15, -0.1) is 11.3 Å². The Morgan fingerprint density at radius 1 is 1.02 bits per heavy atom. The number of aryl methyl sites for hydroxylation is 1. The minimum Gasteiger partial charge on any atom is -0.492 e. The molecule has 0 N–H and O–H groups in total. The lowest BCUT2D eigenvalue weighted by Gasteiger charge is -2.33. The number of carbonyl (C=O) groups excluding carboxylic acids is 1. The number of carbonyl (C=O) groups is 1. The zero-order chi connectivity index (χ0) is 35.2. The maximum Gasteiger partial charge on any atom is 0.246 e. The number of benzene rings is 2. The second-order valence-corrected chi connectivity index (χ2v) is 13.3. The minimum absolute atomic E-state index is 0.0270. The molecule has 4 aromatic heterocycles. The molecule has 0 radical (unpaired) electrons. The van der Waals surface area contributed by atoms with Crippen LogP contribution >= 0.6 is 11.3 Å². The highest BCUT2D eigenvalue weighted by Gasteiger charge is 2.32. The third-order valence-electron chi connectivity index (χ3n) is 9.35. The molecule has 6 aromatic rings. The molecular weight excluding hydrogens is 675 g/mol. The number of aromatic nitrogens is 5. The van der Waals surface area contributed by atoms with E-state index in [1.165, 1.54) is 23.5 Å². The van der Waals surface area contributed by atoms with E-state index in [0.717, 1.165) is 33.6 Å². The van der Waals surface area contributed by atoms with Gasteiger partial charge in [0, 0.05) is 58.4 Å². The molecule has 2 bridgehead atoms. The van der Waals surface area contributed by atoms with Gasteiger partial charge >= 0.3 is 0 Å². The minimum atomic E-state index is -0.797. The van der Waals surface area contributed by atoms with Gasteiger partial charge in [-0.2, -0.15) is 10.2 Å². The van der Waals surface area contributed by atoms with Crippen LogP contribution in [0.15, 0.2) is 72.8 Å². The Morgan fingerprint density at radius 3 is 2.75 bits per heavy atom. The highest BCUT2D eigenvalue weighted by molar-refractivity contribution is 7.18. The van der Waals surface area contributed by atoms with Gasteiger partial charge in [0.05, 0.1) is 61.1 Å². The van der Waals surface area contributed by atoms with Crippen LogP contribution in [0.2, 0.25) is 0 Å². The lowest BCUT2D eigenvalue weighted by molar-refractivity contribution is -0.129. The Balaban J connectivity index is 1.43. The summed E-state index contributed by atoms with van der Waals surface area (Å²) in [5, 5.41) is 13.0. The fraction of sp³-hybridized carbons (Fsp3) is 0.263. The molecule has 0 aliphatic carbocycles. The smallest absolute Gasteiger partial charge is 0.246 e. The van der Waals surface area contributed by atoms with Crippen molar-refractivity contribution in [3.05, 3.63) is 90.1 Å². The molecule has 0 unspecified atom stereocenters. The molecule has 0 fully saturated rings. The van der Waals surface area contributed by atoms with E-state index in [0.29, 0.717) is 65.8 Å². The molecule has 10 nitrogen and oxygen atoms in total. The summed E-state index contributed by atoms with van der Waals surface area (Å²) in [5.74, 6) is -1.10. The topological polar surface area (TPSA) is 96.5 Å². The number of fused-ring (bicyclic) bond motifs is 6. The average molecular weight is 709 g/mol. The largest absolute Gasteiger partial charge is 0.492 e. The maximum atomic E-state index is 16.3. The summed E-state index contributed by atoms with van der Waals surface area (Å²) in [6.07, 6.45) is 7.64. The first kappa shape index (κ1) is 32.8. The van der Waals surface area contributed by atoms with Crippen molar-refractivity contribution in [3.8, 4) is 45.3 Å². The summed E-state index contributed by atoms with van der Waals surface area (Å²) in [6, 6.07) is 9.55. The van der Waals surface area contributed by atoms with E-state index in [4.69, 9.17) is 24.3 Å². The maximum absolute atomic E-state index is 16.3. The fourth-order valence-corrected chi connectivity index (χ4v) is 7.81. The molecule has 0 spiro atoms. The monoisotopic (exact) mass is 708 g/mol. The lowest BCUT2D eigenvalue weighted by Crippen LogP contribution is -2.40. The second kappa shape index (κ2) is 13.4. The molecule has 260 valence electrons. The molecule has 0 saturated carbocycles. The molecule has 1 atom stereocenters. The SMILES string of the molecule is C=CC(=O)N1CCn2nc(-c3nc4c5ccsc5c3-c3c(F)cc(F)cc3OCCOC/C=C/CCOc3cc5c(cnn5C)cc3-4)cc2[C@@H]1C. The van der Waals surface area contributed by atoms with E-state index in [-0.39, 0.29) is 36.5 Å². The van der Waals surface area contributed by atoms with Crippen LogP contribution in [0, 0.1) is 11.6 Å². The zero-order valence-corrected chi connectivity index (χ0v) is 28.9. The van der Waals surface area contributed by atoms with Crippen molar-refractivity contribution in [3.63, 3.8) is 0 Å². The first-order valence-electron chi connectivity index (χ1n) is 16.7. The summed E-state index contributed by atoms with van der Waals surface area (Å²) in [7, 11) is 1.88. The van der Waals surface area contributed by atoms with Crippen LogP contribution < -0.4 is 9.47 Å². The van der Waals surface area contributed by atoms with Crippen LogP contribution in [0.1, 0.15) is 25.1 Å². The van der Waals surface area contributed by atoms with E-state index in [1.807, 2.05) is 60.5 Å². The molecule has 0 saturated heterocycles. The standard InChI is InChI=1S/C38H34F2N6O4S/c1-4-33(47)45-9-10-46-29(22(45)2)19-28(43-46)37-35-34-27(40)17-24(39)18-32(34)50-14-13-48-11-6-5-7-12-49-31-20-30-23(21-41-44(30)3)16-26(31)36(42-37)25-8-15-51-38(25)35/h4-6,8,15-22H,1,7,9-14H2,2-3H3/b6-5+/t22-/m0/s1. The summed E-state index contributed by atoms with van der Waals surface area (Å²) < 4.78 is 53.8. The van der Waals surface area contributed by atoms with Crippen LogP contribution in [-0.4, -0.2) is 68.3 Å². The third kappa shape index (κ3) is 5.85. The third-order valence-corrected chi connectivity index (χ3v) is 10.3. The fourth-order valence-electron chi connectivity index (χ4n) is 6.86. The van der Waals surface area contributed by atoms with Crippen molar-refractivity contribution < 1.29 is 27.8 Å². The van der Waals surface area contributed by atoms with Crippen LogP contribution in [0.5, 0.6) is 11.5 Å². The number of amides is 1. The van der Waals surface area contributed by atoms with Crippen LogP contribution in [0.4, 0.5) is 8.78 Å². The number of thiophene rings is 1. The Labute approximate surface area is 296 Å². The average Bonchev–Trinajstić information content (AvgIpc) is 3.87. The van der Waals surface area contributed by atoms with Gasteiger partial charge < -0.3 is 19.1 Å². The Kier molecular flexibility index (Phi) is 8.60. The number of pyridine rings is 1. The van der Waals surface area contributed by atoms with Gasteiger partial charge in [0.25, 0.3) is 0 Å². The first-order valence-corrected chi connectivity index (χ1v) is 17.6. The second-order valence-electron chi connectivity index (χ2n) is 12.4. The van der Waals surface area contributed by atoms with E-state index in [9.17, 15) is 9.18 Å².